The van der Waals surface area contributed by atoms with Crippen LogP contribution in [-0.4, -0.2) is 14.8 Å². The molecule has 0 saturated heterocycles. The van der Waals surface area contributed by atoms with Crippen LogP contribution in [0.5, 0.6) is 0 Å². The van der Waals surface area contributed by atoms with Crippen molar-refractivity contribution in [3.05, 3.63) is 50.6 Å². The Bertz CT molecular complexity index is 733. The summed E-state index contributed by atoms with van der Waals surface area (Å²) in [5.74, 6) is 2.39. The molecule has 21 heavy (non-hydrogen) atoms. The van der Waals surface area contributed by atoms with Crippen LogP contribution < -0.4 is 10.9 Å². The Kier molecular flexibility index (Phi) is 5.12. The van der Waals surface area contributed by atoms with Crippen molar-refractivity contribution in [2.24, 2.45) is 0 Å². The number of hydrogen-bond acceptors (Lipinski definition) is 4. The number of aromatic nitrogens is 3. The molecule has 0 aliphatic rings. The molecule has 0 aromatic carbocycles. The molecule has 6 heteroatoms. The van der Waals surface area contributed by atoms with Gasteiger partial charge in [0.25, 0.3) is 5.56 Å². The largest absolute Gasteiger partial charge is 0.377 e. The Labute approximate surface area is 131 Å². The van der Waals surface area contributed by atoms with Crippen LogP contribution in [0.15, 0.2) is 33.8 Å². The summed E-state index contributed by atoms with van der Waals surface area (Å²) in [5.41, 5.74) is 2.50. The van der Waals surface area contributed by atoms with Crippen LogP contribution in [0.1, 0.15) is 18.2 Å². The Balaban J connectivity index is 2.20. The average Bonchev–Trinajstić information content (AvgIpc) is 2.51. The number of nitrogens with one attached hydrogen (secondary N) is 1. The minimum absolute atomic E-state index is 0.151. The summed E-state index contributed by atoms with van der Waals surface area (Å²) < 4.78 is 1.65. The lowest BCUT2D eigenvalue weighted by atomic mass is 10.1. The molecule has 0 unspecified atom stereocenters. The lowest BCUT2D eigenvalue weighted by molar-refractivity contribution is 0.659. The molecule has 2 heterocycles. The van der Waals surface area contributed by atoms with Gasteiger partial charge in [0.2, 0.25) is 0 Å². The van der Waals surface area contributed by atoms with Crippen molar-refractivity contribution < 1.29 is 0 Å². The SMILES string of the molecule is C#CCn1ncc(NCc2ncccc2CC)c(Br)c1=O. The molecular formula is C15H15BrN4O. The normalized spacial score (nSPS) is 10.1. The van der Waals surface area contributed by atoms with Crippen molar-refractivity contribution in [1.29, 1.82) is 0 Å². The maximum Gasteiger partial charge on any atom is 0.284 e. The van der Waals surface area contributed by atoms with Gasteiger partial charge in [0.05, 0.1) is 24.1 Å². The highest BCUT2D eigenvalue weighted by atomic mass is 79.9. The monoisotopic (exact) mass is 346 g/mol. The van der Waals surface area contributed by atoms with E-state index in [-0.39, 0.29) is 12.1 Å². The van der Waals surface area contributed by atoms with Gasteiger partial charge >= 0.3 is 0 Å². The average molecular weight is 347 g/mol. The maximum atomic E-state index is 12.0. The molecule has 2 aromatic heterocycles. The summed E-state index contributed by atoms with van der Waals surface area (Å²) in [6.07, 6.45) is 9.45. The van der Waals surface area contributed by atoms with E-state index in [9.17, 15) is 4.79 Å². The summed E-state index contributed by atoms with van der Waals surface area (Å²) in [4.78, 5) is 16.4. The highest BCUT2D eigenvalue weighted by Crippen LogP contribution is 2.17. The predicted molar refractivity (Wildman–Crippen MR) is 86.0 cm³/mol. The smallest absolute Gasteiger partial charge is 0.284 e. The van der Waals surface area contributed by atoms with Gasteiger partial charge in [-0.15, -0.1) is 6.42 Å². The van der Waals surface area contributed by atoms with Crippen LogP contribution in [0.25, 0.3) is 0 Å². The number of pyridine rings is 1. The minimum atomic E-state index is -0.255. The fourth-order valence-electron chi connectivity index (χ4n) is 1.92. The third kappa shape index (κ3) is 3.50. The quantitative estimate of drug-likeness (QED) is 0.843. The molecule has 0 aliphatic heterocycles. The predicted octanol–water partition coefficient (Wildman–Crippen LogP) is 2.21. The first kappa shape index (κ1) is 15.3. The van der Waals surface area contributed by atoms with Gasteiger partial charge in [0.15, 0.2) is 0 Å². The van der Waals surface area contributed by atoms with E-state index in [1.165, 1.54) is 10.2 Å². The van der Waals surface area contributed by atoms with Crippen LogP contribution in [0.4, 0.5) is 5.69 Å². The van der Waals surface area contributed by atoms with Crippen molar-refractivity contribution in [3.63, 3.8) is 0 Å². The number of aryl methyl sites for hydroxylation is 1. The first-order chi connectivity index (χ1) is 10.2. The molecule has 5 nitrogen and oxygen atoms in total. The van der Waals surface area contributed by atoms with Gasteiger partial charge in [0, 0.05) is 6.20 Å². The fourth-order valence-corrected chi connectivity index (χ4v) is 2.37. The lowest BCUT2D eigenvalue weighted by Crippen LogP contribution is -2.24. The van der Waals surface area contributed by atoms with Crippen LogP contribution in [0.3, 0.4) is 0 Å². The zero-order valence-electron chi connectivity index (χ0n) is 11.6. The summed E-state index contributed by atoms with van der Waals surface area (Å²) in [6.45, 7) is 2.76. The number of rotatable bonds is 5. The number of anilines is 1. The molecule has 0 bridgehead atoms. The van der Waals surface area contributed by atoms with Crippen molar-refractivity contribution >= 4 is 21.6 Å². The molecular weight excluding hydrogens is 332 g/mol. The molecule has 0 spiro atoms. The molecule has 1 N–H and O–H groups in total. The van der Waals surface area contributed by atoms with Crippen LogP contribution >= 0.6 is 15.9 Å². The summed E-state index contributed by atoms with van der Waals surface area (Å²) in [5, 5.41) is 7.21. The second kappa shape index (κ2) is 7.04. The van der Waals surface area contributed by atoms with E-state index in [0.29, 0.717) is 16.7 Å². The fraction of sp³-hybridized carbons (Fsp3) is 0.267. The molecule has 108 valence electrons. The van der Waals surface area contributed by atoms with E-state index in [1.807, 2.05) is 12.1 Å². The first-order valence-electron chi connectivity index (χ1n) is 6.53. The Morgan fingerprint density at radius 2 is 2.33 bits per heavy atom. The van der Waals surface area contributed by atoms with E-state index in [2.05, 4.69) is 44.2 Å². The topological polar surface area (TPSA) is 59.8 Å². The number of terminal acetylenes is 1. The molecule has 0 atom stereocenters. The van der Waals surface area contributed by atoms with Gasteiger partial charge in [-0.1, -0.05) is 18.9 Å². The number of halogens is 1. The highest BCUT2D eigenvalue weighted by Gasteiger charge is 2.09. The molecule has 0 fully saturated rings. The Hall–Kier alpha value is -2.13. The minimum Gasteiger partial charge on any atom is -0.377 e. The maximum absolute atomic E-state index is 12.0. The Morgan fingerprint density at radius 1 is 1.52 bits per heavy atom. The van der Waals surface area contributed by atoms with E-state index >= 15 is 0 Å². The molecule has 0 saturated carbocycles. The number of hydrogen-bond donors (Lipinski definition) is 1. The standard InChI is InChI=1S/C15H15BrN4O/c1-3-8-20-15(21)14(16)13(10-19-20)18-9-12-11(4-2)6-5-7-17-12/h1,5-7,10,18H,4,8-9H2,2H3. The third-order valence-electron chi connectivity index (χ3n) is 3.04. The van der Waals surface area contributed by atoms with Gasteiger partial charge in [0.1, 0.15) is 11.0 Å². The van der Waals surface area contributed by atoms with Gasteiger partial charge in [-0.2, -0.15) is 5.10 Å². The van der Waals surface area contributed by atoms with Gasteiger partial charge < -0.3 is 5.32 Å². The van der Waals surface area contributed by atoms with Crippen LogP contribution in [-0.2, 0) is 19.5 Å². The summed E-state index contributed by atoms with van der Waals surface area (Å²) >= 11 is 3.29. The summed E-state index contributed by atoms with van der Waals surface area (Å²) in [6, 6.07) is 3.96. The third-order valence-corrected chi connectivity index (χ3v) is 3.80. The first-order valence-corrected chi connectivity index (χ1v) is 7.32. The Morgan fingerprint density at radius 3 is 3.05 bits per heavy atom. The van der Waals surface area contributed by atoms with E-state index < -0.39 is 0 Å². The van der Waals surface area contributed by atoms with Crippen molar-refractivity contribution in [2.75, 3.05) is 5.32 Å². The molecule has 2 rings (SSSR count). The van der Waals surface area contributed by atoms with Crippen LogP contribution in [0.2, 0.25) is 0 Å². The second-order valence-electron chi connectivity index (χ2n) is 4.36. The molecule has 0 aliphatic carbocycles. The lowest BCUT2D eigenvalue weighted by Gasteiger charge is -2.11. The molecule has 0 amide bonds. The number of nitrogens with zero attached hydrogens (tertiary/aromatic N) is 3. The van der Waals surface area contributed by atoms with Gasteiger partial charge in [-0.05, 0) is 34.0 Å². The van der Waals surface area contributed by atoms with Crippen molar-refractivity contribution in [2.45, 2.75) is 26.4 Å². The second-order valence-corrected chi connectivity index (χ2v) is 5.15. The summed E-state index contributed by atoms with van der Waals surface area (Å²) in [7, 11) is 0. The van der Waals surface area contributed by atoms with E-state index in [1.54, 1.807) is 12.4 Å². The van der Waals surface area contributed by atoms with Crippen molar-refractivity contribution in [3.8, 4) is 12.3 Å². The van der Waals surface area contributed by atoms with Gasteiger partial charge in [-0.25, -0.2) is 4.68 Å². The van der Waals surface area contributed by atoms with Crippen LogP contribution in [0, 0.1) is 12.3 Å². The zero-order chi connectivity index (χ0) is 15.2. The molecule has 0 radical (unpaired) electrons. The van der Waals surface area contributed by atoms with Crippen molar-refractivity contribution in [1.82, 2.24) is 14.8 Å². The molecule has 2 aromatic rings. The van der Waals surface area contributed by atoms with E-state index in [0.717, 1.165) is 12.1 Å². The van der Waals surface area contributed by atoms with Gasteiger partial charge in [-0.3, -0.25) is 9.78 Å². The zero-order valence-corrected chi connectivity index (χ0v) is 13.2. The highest BCUT2D eigenvalue weighted by molar-refractivity contribution is 9.10. The van der Waals surface area contributed by atoms with E-state index in [4.69, 9.17) is 6.42 Å².